The number of carbonyl (C=O) groups excluding carboxylic acids is 1. The summed E-state index contributed by atoms with van der Waals surface area (Å²) >= 11 is 0. The zero-order chi connectivity index (χ0) is 26.3. The first kappa shape index (κ1) is 24.8. The van der Waals surface area contributed by atoms with E-state index >= 15 is 0 Å². The predicted molar refractivity (Wildman–Crippen MR) is 108 cm³/mol. The molecular formula is C21H19F6N3O5S. The van der Waals surface area contributed by atoms with E-state index in [1.807, 2.05) is 0 Å². The lowest BCUT2D eigenvalue weighted by atomic mass is 10.0. The monoisotopic (exact) mass is 539 g/mol. The van der Waals surface area contributed by atoms with Gasteiger partial charge in [0.25, 0.3) is 5.91 Å². The zero-order valence-corrected chi connectivity index (χ0v) is 19.4. The Kier molecular flexibility index (Phi) is 5.23. The Balaban J connectivity index is 1.40. The molecular weight excluding hydrogens is 520 g/mol. The average molecular weight is 539 g/mol. The topological polar surface area (TPSA) is 103 Å². The molecule has 0 bridgehead atoms. The van der Waals surface area contributed by atoms with Crippen LogP contribution in [0.15, 0.2) is 27.6 Å². The first-order valence-electron chi connectivity index (χ1n) is 10.8. The zero-order valence-electron chi connectivity index (χ0n) is 18.6. The van der Waals surface area contributed by atoms with Crippen molar-refractivity contribution in [3.8, 4) is 5.75 Å². The molecule has 2 saturated carbocycles. The van der Waals surface area contributed by atoms with Crippen LogP contribution in [0.3, 0.4) is 0 Å². The number of likely N-dealkylation sites (tertiary alicyclic amines) is 1. The molecule has 0 N–H and O–H groups in total. The maximum Gasteiger partial charge on any atom is 0.422 e. The van der Waals surface area contributed by atoms with Gasteiger partial charge in [-0.25, -0.2) is 8.42 Å². The largest absolute Gasteiger partial charge is 0.483 e. The Hall–Kier alpha value is -2.84. The van der Waals surface area contributed by atoms with E-state index in [4.69, 9.17) is 9.26 Å². The molecule has 3 aliphatic rings. The van der Waals surface area contributed by atoms with Crippen molar-refractivity contribution in [2.75, 3.05) is 26.0 Å². The number of ether oxygens (including phenoxy) is 1. The molecule has 1 amide bonds. The quantitative estimate of drug-likeness (QED) is 0.519. The number of halogens is 6. The van der Waals surface area contributed by atoms with Gasteiger partial charge in [-0.15, -0.1) is 0 Å². The summed E-state index contributed by atoms with van der Waals surface area (Å²) in [5.41, 5.74) is -3.36. The van der Waals surface area contributed by atoms with Gasteiger partial charge in [0.2, 0.25) is 5.89 Å². The second-order valence-corrected chi connectivity index (χ2v) is 11.6. The lowest BCUT2D eigenvalue weighted by Crippen LogP contribution is -2.34. The second kappa shape index (κ2) is 7.59. The minimum atomic E-state index is -4.69. The summed E-state index contributed by atoms with van der Waals surface area (Å²) in [5.74, 6) is -1.88. The fraction of sp³-hybridized carbons (Fsp3) is 0.571. The summed E-state index contributed by atoms with van der Waals surface area (Å²) in [6.07, 6.45) is -8.16. The number of carbonyl (C=O) groups is 1. The van der Waals surface area contributed by atoms with Crippen LogP contribution in [0.2, 0.25) is 0 Å². The molecule has 1 aliphatic heterocycles. The summed E-state index contributed by atoms with van der Waals surface area (Å²) in [4.78, 5) is 18.3. The number of sulfone groups is 1. The fourth-order valence-corrected chi connectivity index (χ4v) is 5.36. The smallest absolute Gasteiger partial charge is 0.422 e. The Morgan fingerprint density at radius 2 is 1.92 bits per heavy atom. The number of fused-ring (bicyclic) bond motifs is 1. The van der Waals surface area contributed by atoms with Gasteiger partial charge in [0.05, 0.1) is 15.9 Å². The summed E-state index contributed by atoms with van der Waals surface area (Å²) in [6, 6.07) is 2.97. The Morgan fingerprint density at radius 3 is 2.50 bits per heavy atom. The molecule has 5 rings (SSSR count). The molecule has 8 nitrogen and oxygen atoms in total. The first-order chi connectivity index (χ1) is 16.6. The maximum atomic E-state index is 13.4. The lowest BCUT2D eigenvalue weighted by molar-refractivity contribution is -0.166. The van der Waals surface area contributed by atoms with Crippen molar-refractivity contribution in [3.05, 3.63) is 35.5 Å². The highest BCUT2D eigenvalue weighted by Crippen LogP contribution is 2.61. The Labute approximate surface area is 200 Å². The molecule has 0 radical (unpaired) electrons. The van der Waals surface area contributed by atoms with Gasteiger partial charge < -0.3 is 14.2 Å². The third-order valence-corrected chi connectivity index (χ3v) is 8.12. The molecule has 196 valence electrons. The lowest BCUT2D eigenvalue weighted by Gasteiger charge is -2.22. The molecule has 2 aromatic rings. The molecule has 36 heavy (non-hydrogen) atoms. The van der Waals surface area contributed by atoms with Crippen LogP contribution in [0.5, 0.6) is 5.75 Å². The van der Waals surface area contributed by atoms with Crippen molar-refractivity contribution >= 4 is 15.7 Å². The van der Waals surface area contributed by atoms with E-state index in [0.29, 0.717) is 6.42 Å². The fourth-order valence-electron chi connectivity index (χ4n) is 4.71. The third-order valence-electron chi connectivity index (χ3n) is 7.01. The van der Waals surface area contributed by atoms with Crippen molar-refractivity contribution in [2.45, 2.75) is 47.3 Å². The number of amides is 1. The number of aromatic nitrogens is 2. The third kappa shape index (κ3) is 4.10. The standard InChI is InChI=1S/C21H19F6N3O5S/c1-36(32,33)12-2-3-14(34-10-20(22,23)24)13(6-12)15(31)30-8-11-7-18(11,9-30)16-28-17(35-29-16)19(4-5-19)21(25,26)27/h2-3,6,11H,4-5,7-10H2,1H3. The van der Waals surface area contributed by atoms with Gasteiger partial charge in [-0.1, -0.05) is 5.16 Å². The SMILES string of the molecule is CS(=O)(=O)c1ccc(OCC(F)(F)F)c(C(=O)N2CC3CC3(c3noc(C4(C(F)(F)F)CC4)n3)C2)c1. The predicted octanol–water partition coefficient (Wildman–Crippen LogP) is 3.42. The summed E-state index contributed by atoms with van der Waals surface area (Å²) in [5, 5.41) is 3.77. The van der Waals surface area contributed by atoms with E-state index in [1.165, 1.54) is 4.90 Å². The number of benzene rings is 1. The molecule has 3 fully saturated rings. The summed E-state index contributed by atoms with van der Waals surface area (Å²) in [7, 11) is -3.79. The number of rotatable bonds is 6. The summed E-state index contributed by atoms with van der Waals surface area (Å²) in [6.45, 7) is -1.57. The van der Waals surface area contributed by atoms with E-state index in [0.717, 1.165) is 24.5 Å². The van der Waals surface area contributed by atoms with Crippen LogP contribution < -0.4 is 4.74 Å². The van der Waals surface area contributed by atoms with Gasteiger partial charge in [0.15, 0.2) is 22.3 Å². The van der Waals surface area contributed by atoms with Crippen molar-refractivity contribution < 1.29 is 48.8 Å². The van der Waals surface area contributed by atoms with E-state index in [-0.39, 0.29) is 48.1 Å². The molecule has 1 saturated heterocycles. The number of alkyl halides is 6. The van der Waals surface area contributed by atoms with Crippen molar-refractivity contribution in [2.24, 2.45) is 5.92 Å². The summed E-state index contributed by atoms with van der Waals surface area (Å²) < 4.78 is 112. The van der Waals surface area contributed by atoms with E-state index < -0.39 is 57.2 Å². The molecule has 1 aromatic carbocycles. The van der Waals surface area contributed by atoms with Crippen LogP contribution in [0.4, 0.5) is 26.3 Å². The Morgan fingerprint density at radius 1 is 1.22 bits per heavy atom. The van der Waals surface area contributed by atoms with Crippen LogP contribution in [-0.4, -0.2) is 67.7 Å². The minimum absolute atomic E-state index is 0.0176. The van der Waals surface area contributed by atoms with Gasteiger partial charge in [-0.3, -0.25) is 4.79 Å². The normalized spacial score (nSPS) is 25.0. The Bertz CT molecular complexity index is 1330. The molecule has 15 heteroatoms. The highest BCUT2D eigenvalue weighted by atomic mass is 32.2. The van der Waals surface area contributed by atoms with Crippen LogP contribution >= 0.6 is 0 Å². The minimum Gasteiger partial charge on any atom is -0.483 e. The number of nitrogens with zero attached hydrogens (tertiary/aromatic N) is 3. The average Bonchev–Trinajstić information content (AvgIpc) is 3.62. The van der Waals surface area contributed by atoms with Crippen molar-refractivity contribution in [1.82, 2.24) is 15.0 Å². The molecule has 2 unspecified atom stereocenters. The van der Waals surface area contributed by atoms with Gasteiger partial charge in [-0.2, -0.15) is 31.3 Å². The van der Waals surface area contributed by atoms with Crippen LogP contribution in [0.1, 0.15) is 41.3 Å². The molecule has 2 atom stereocenters. The van der Waals surface area contributed by atoms with Crippen LogP contribution in [0, 0.1) is 5.92 Å². The van der Waals surface area contributed by atoms with Crippen molar-refractivity contribution in [1.29, 1.82) is 0 Å². The van der Waals surface area contributed by atoms with Crippen molar-refractivity contribution in [3.63, 3.8) is 0 Å². The number of hydrogen-bond acceptors (Lipinski definition) is 7. The second-order valence-electron chi connectivity index (χ2n) is 9.58. The van der Waals surface area contributed by atoms with E-state index in [2.05, 4.69) is 10.1 Å². The molecule has 0 spiro atoms. The highest BCUT2D eigenvalue weighted by molar-refractivity contribution is 7.90. The van der Waals surface area contributed by atoms with Crippen LogP contribution in [-0.2, 0) is 20.7 Å². The van der Waals surface area contributed by atoms with Crippen LogP contribution in [0.25, 0.3) is 0 Å². The molecule has 2 aliphatic carbocycles. The molecule has 2 heterocycles. The van der Waals surface area contributed by atoms with Gasteiger partial charge in [-0.05, 0) is 43.4 Å². The maximum absolute atomic E-state index is 13.4. The highest BCUT2D eigenvalue weighted by Gasteiger charge is 2.70. The van der Waals surface area contributed by atoms with E-state index in [1.54, 1.807) is 0 Å². The number of piperidine rings is 1. The number of hydrogen-bond donors (Lipinski definition) is 0. The van der Waals surface area contributed by atoms with Gasteiger partial charge in [0, 0.05) is 19.3 Å². The van der Waals surface area contributed by atoms with E-state index in [9.17, 15) is 39.6 Å². The molecule has 1 aromatic heterocycles. The van der Waals surface area contributed by atoms with Gasteiger partial charge in [0.1, 0.15) is 11.2 Å². The van der Waals surface area contributed by atoms with Gasteiger partial charge >= 0.3 is 12.4 Å². The first-order valence-corrected chi connectivity index (χ1v) is 12.7.